The summed E-state index contributed by atoms with van der Waals surface area (Å²) in [4.78, 5) is 25.7. The number of rotatable bonds is 5. The number of hydrogen-bond donors (Lipinski definition) is 2. The third-order valence-corrected chi connectivity index (χ3v) is 5.64. The van der Waals surface area contributed by atoms with Crippen LogP contribution < -0.4 is 5.32 Å². The lowest BCUT2D eigenvalue weighted by Crippen LogP contribution is -2.22. The Kier molecular flexibility index (Phi) is 4.29. The van der Waals surface area contributed by atoms with Gasteiger partial charge in [0, 0.05) is 41.8 Å². The van der Waals surface area contributed by atoms with Crippen LogP contribution in [0.25, 0.3) is 33.0 Å². The van der Waals surface area contributed by atoms with Gasteiger partial charge in [-0.25, -0.2) is 0 Å². The topological polar surface area (TPSA) is 84.5 Å². The van der Waals surface area contributed by atoms with Gasteiger partial charge in [-0.1, -0.05) is 36.4 Å². The predicted octanol–water partition coefficient (Wildman–Crippen LogP) is 3.42. The number of aliphatic hydroxyl groups is 1. The number of para-hydroxylation sites is 2. The van der Waals surface area contributed by atoms with E-state index in [4.69, 9.17) is 4.42 Å². The second-order valence-electron chi connectivity index (χ2n) is 7.47. The fourth-order valence-corrected chi connectivity index (χ4v) is 4.38. The lowest BCUT2D eigenvalue weighted by Gasteiger charge is -2.06. The molecule has 1 aliphatic heterocycles. The Morgan fingerprint density at radius 3 is 2.57 bits per heavy atom. The van der Waals surface area contributed by atoms with Gasteiger partial charge in [0.25, 0.3) is 11.8 Å². The van der Waals surface area contributed by atoms with Crippen molar-refractivity contribution in [2.75, 3.05) is 6.61 Å². The second-order valence-corrected chi connectivity index (χ2v) is 7.47. The number of hydrogen-bond acceptors (Lipinski definition) is 4. The molecule has 4 aromatic rings. The largest absolute Gasteiger partial charge is 0.464 e. The zero-order valence-electron chi connectivity index (χ0n) is 16.4. The van der Waals surface area contributed by atoms with Gasteiger partial charge in [0.1, 0.15) is 5.58 Å². The molecule has 6 nitrogen and oxygen atoms in total. The van der Waals surface area contributed by atoms with Gasteiger partial charge in [0.05, 0.1) is 22.9 Å². The minimum Gasteiger partial charge on any atom is -0.464 e. The van der Waals surface area contributed by atoms with Crippen molar-refractivity contribution in [3.05, 3.63) is 71.6 Å². The van der Waals surface area contributed by atoms with E-state index in [2.05, 4.69) is 5.32 Å². The van der Waals surface area contributed by atoms with Crippen LogP contribution in [0.2, 0.25) is 0 Å². The molecule has 0 radical (unpaired) electrons. The highest BCUT2D eigenvalue weighted by molar-refractivity contribution is 6.50. The molecule has 2 aromatic heterocycles. The van der Waals surface area contributed by atoms with Gasteiger partial charge in [0.15, 0.2) is 0 Å². The molecule has 0 aliphatic carbocycles. The van der Waals surface area contributed by atoms with Gasteiger partial charge in [0.2, 0.25) is 0 Å². The molecule has 0 spiro atoms. The Hall–Kier alpha value is -3.64. The van der Waals surface area contributed by atoms with E-state index in [9.17, 15) is 14.7 Å². The van der Waals surface area contributed by atoms with Crippen LogP contribution in [0.15, 0.2) is 59.3 Å². The number of nitrogens with zero attached hydrogens (tertiary/aromatic N) is 1. The second kappa shape index (κ2) is 7.00. The highest BCUT2D eigenvalue weighted by Crippen LogP contribution is 2.38. The smallest absolute Gasteiger partial charge is 0.259 e. The Morgan fingerprint density at radius 1 is 1.00 bits per heavy atom. The number of aromatic nitrogens is 1. The average molecular weight is 400 g/mol. The minimum atomic E-state index is -0.424. The standard InChI is InChI=1S/C24H20N2O4/c1-26-13-18(16-8-2-5-14(21(16)26)7-4-11-27)20-19(23(28)25-24(20)29)17-9-3-6-15-10-12-30-22(15)17/h2-3,5-6,8-10,12-13,27H,4,7,11H2,1H3,(H,25,28,29). The lowest BCUT2D eigenvalue weighted by atomic mass is 9.94. The molecule has 2 aromatic carbocycles. The van der Waals surface area contributed by atoms with Crippen LogP contribution in [0, 0.1) is 0 Å². The predicted molar refractivity (Wildman–Crippen MR) is 115 cm³/mol. The number of imide groups is 1. The SMILES string of the molecule is Cn1cc(C2=C(c3cccc4ccoc34)C(=O)NC2=O)c2cccc(CCCO)c21. The summed E-state index contributed by atoms with van der Waals surface area (Å²) in [5.41, 5.74) is 4.66. The molecule has 0 saturated carbocycles. The van der Waals surface area contributed by atoms with Gasteiger partial charge in [-0.05, 0) is 24.5 Å². The van der Waals surface area contributed by atoms with Crippen molar-refractivity contribution in [2.24, 2.45) is 7.05 Å². The van der Waals surface area contributed by atoms with Crippen molar-refractivity contribution < 1.29 is 19.1 Å². The van der Waals surface area contributed by atoms with Gasteiger partial charge in [-0.15, -0.1) is 0 Å². The Morgan fingerprint density at radius 2 is 1.77 bits per heavy atom. The van der Waals surface area contributed by atoms with E-state index in [1.165, 1.54) is 0 Å². The zero-order chi connectivity index (χ0) is 20.8. The molecular weight excluding hydrogens is 380 g/mol. The molecule has 0 bridgehead atoms. The summed E-state index contributed by atoms with van der Waals surface area (Å²) in [6.45, 7) is 0.118. The quantitative estimate of drug-likeness (QED) is 0.503. The van der Waals surface area contributed by atoms with E-state index >= 15 is 0 Å². The van der Waals surface area contributed by atoms with E-state index in [1.807, 2.05) is 54.2 Å². The molecular formula is C24H20N2O4. The average Bonchev–Trinajstić information content (AvgIpc) is 3.42. The van der Waals surface area contributed by atoms with Gasteiger partial charge < -0.3 is 14.1 Å². The van der Waals surface area contributed by atoms with E-state index in [1.54, 1.807) is 12.3 Å². The highest BCUT2D eigenvalue weighted by Gasteiger charge is 2.35. The third-order valence-electron chi connectivity index (χ3n) is 5.64. The van der Waals surface area contributed by atoms with Crippen molar-refractivity contribution in [1.82, 2.24) is 9.88 Å². The monoisotopic (exact) mass is 400 g/mol. The van der Waals surface area contributed by atoms with Crippen LogP contribution in [-0.4, -0.2) is 28.1 Å². The summed E-state index contributed by atoms with van der Waals surface area (Å²) < 4.78 is 7.61. The molecule has 30 heavy (non-hydrogen) atoms. The number of fused-ring (bicyclic) bond motifs is 2. The van der Waals surface area contributed by atoms with Crippen LogP contribution >= 0.6 is 0 Å². The number of aliphatic hydroxyl groups excluding tert-OH is 1. The summed E-state index contributed by atoms with van der Waals surface area (Å²) in [5.74, 6) is -0.834. The lowest BCUT2D eigenvalue weighted by molar-refractivity contribution is -0.122. The number of carbonyl (C=O) groups excluding carboxylic acids is 2. The number of aryl methyl sites for hydroxylation is 2. The van der Waals surface area contributed by atoms with Crippen molar-refractivity contribution in [1.29, 1.82) is 0 Å². The van der Waals surface area contributed by atoms with Crippen molar-refractivity contribution in [3.8, 4) is 0 Å². The van der Waals surface area contributed by atoms with E-state index in [-0.39, 0.29) is 6.61 Å². The molecule has 2 amide bonds. The number of nitrogens with one attached hydrogen (secondary N) is 1. The first-order valence-electron chi connectivity index (χ1n) is 9.85. The van der Waals surface area contributed by atoms with E-state index < -0.39 is 11.8 Å². The van der Waals surface area contributed by atoms with Crippen molar-refractivity contribution >= 4 is 44.8 Å². The molecule has 0 fully saturated rings. The summed E-state index contributed by atoms with van der Waals surface area (Å²) in [7, 11) is 1.93. The summed E-state index contributed by atoms with van der Waals surface area (Å²) in [5, 5.41) is 13.5. The summed E-state index contributed by atoms with van der Waals surface area (Å²) in [6, 6.07) is 13.3. The normalized spacial score (nSPS) is 14.3. The van der Waals surface area contributed by atoms with Gasteiger partial charge in [-0.3, -0.25) is 14.9 Å². The van der Waals surface area contributed by atoms with Crippen LogP contribution in [0.4, 0.5) is 0 Å². The first-order chi connectivity index (χ1) is 14.6. The zero-order valence-corrected chi connectivity index (χ0v) is 16.4. The van der Waals surface area contributed by atoms with Crippen LogP contribution in [-0.2, 0) is 23.1 Å². The Labute approximate surface area is 172 Å². The van der Waals surface area contributed by atoms with Gasteiger partial charge >= 0.3 is 0 Å². The maximum absolute atomic E-state index is 12.9. The highest BCUT2D eigenvalue weighted by atomic mass is 16.3. The van der Waals surface area contributed by atoms with Crippen LogP contribution in [0.3, 0.4) is 0 Å². The first-order valence-corrected chi connectivity index (χ1v) is 9.85. The molecule has 1 aliphatic rings. The summed E-state index contributed by atoms with van der Waals surface area (Å²) >= 11 is 0. The minimum absolute atomic E-state index is 0.118. The molecule has 2 N–H and O–H groups in total. The number of benzene rings is 2. The maximum atomic E-state index is 12.9. The Balaban J connectivity index is 1.79. The molecule has 6 heteroatoms. The first kappa shape index (κ1) is 18.4. The number of furan rings is 1. The fraction of sp³-hybridized carbons (Fsp3) is 0.167. The third kappa shape index (κ3) is 2.69. The Bertz CT molecular complexity index is 1360. The van der Waals surface area contributed by atoms with Crippen molar-refractivity contribution in [2.45, 2.75) is 12.8 Å². The summed E-state index contributed by atoms with van der Waals surface area (Å²) in [6.07, 6.45) is 4.86. The maximum Gasteiger partial charge on any atom is 0.259 e. The van der Waals surface area contributed by atoms with Crippen LogP contribution in [0.1, 0.15) is 23.1 Å². The van der Waals surface area contributed by atoms with E-state index in [0.29, 0.717) is 34.3 Å². The molecule has 0 saturated heterocycles. The number of carbonyl (C=O) groups is 2. The molecule has 0 atom stereocenters. The van der Waals surface area contributed by atoms with E-state index in [0.717, 1.165) is 28.3 Å². The molecule has 0 unspecified atom stereocenters. The fourth-order valence-electron chi connectivity index (χ4n) is 4.38. The van der Waals surface area contributed by atoms with Crippen LogP contribution in [0.5, 0.6) is 0 Å². The molecule has 3 heterocycles. The van der Waals surface area contributed by atoms with Gasteiger partial charge in [-0.2, -0.15) is 0 Å². The molecule has 150 valence electrons. The number of amides is 2. The van der Waals surface area contributed by atoms with Crippen molar-refractivity contribution in [3.63, 3.8) is 0 Å². The molecule has 5 rings (SSSR count).